The van der Waals surface area contributed by atoms with Gasteiger partial charge in [-0.2, -0.15) is 5.26 Å². The highest BCUT2D eigenvalue weighted by Gasteiger charge is 2.48. The van der Waals surface area contributed by atoms with Crippen LogP contribution in [0.25, 0.3) is 11.4 Å². The van der Waals surface area contributed by atoms with Gasteiger partial charge in [-0.05, 0) is 11.6 Å². The minimum Gasteiger partial charge on any atom is -0.394 e. The number of hydrogen-bond acceptors (Lipinski definition) is 12. The van der Waals surface area contributed by atoms with Crippen LogP contribution >= 0.6 is 34.7 Å². The molecule has 38 heavy (non-hydrogen) atoms. The smallest absolute Gasteiger partial charge is 0.180 e. The fourth-order valence-electron chi connectivity index (χ4n) is 4.07. The first-order chi connectivity index (χ1) is 18.5. The van der Waals surface area contributed by atoms with Gasteiger partial charge in [-0.3, -0.25) is 0 Å². The fourth-order valence-corrected chi connectivity index (χ4v) is 6.07. The maximum atomic E-state index is 11.3. The number of hydrogen-bond donors (Lipinski definition) is 3. The lowest BCUT2D eigenvalue weighted by Crippen LogP contribution is -2.55. The number of benzene rings is 1. The molecule has 1 saturated heterocycles. The van der Waals surface area contributed by atoms with E-state index in [0.717, 1.165) is 5.56 Å². The second kappa shape index (κ2) is 11.7. The van der Waals surface area contributed by atoms with Gasteiger partial charge in [0.05, 0.1) is 24.4 Å². The summed E-state index contributed by atoms with van der Waals surface area (Å²) < 4.78 is 14.0. The first-order valence-electron chi connectivity index (χ1n) is 11.4. The van der Waals surface area contributed by atoms with Crippen LogP contribution in [-0.2, 0) is 16.1 Å². The Labute approximate surface area is 230 Å². The number of ether oxygens (including phenoxy) is 2. The molecule has 0 amide bonds. The number of nitrogens with zero attached hydrogens (tertiary/aromatic N) is 6. The van der Waals surface area contributed by atoms with E-state index in [2.05, 4.69) is 26.3 Å². The minimum atomic E-state index is -1.19. The minimum absolute atomic E-state index is 0.164. The number of aliphatic hydroxyl groups is 2. The number of aromatic nitrogens is 5. The molecule has 196 valence electrons. The highest BCUT2D eigenvalue weighted by Crippen LogP contribution is 2.41. The van der Waals surface area contributed by atoms with Gasteiger partial charge < -0.3 is 25.4 Å². The van der Waals surface area contributed by atoms with Crippen molar-refractivity contribution in [2.75, 3.05) is 12.3 Å². The second-order valence-electron chi connectivity index (χ2n) is 8.35. The number of rotatable bonds is 8. The van der Waals surface area contributed by atoms with Gasteiger partial charge in [0, 0.05) is 16.5 Å². The van der Waals surface area contributed by atoms with Crippen LogP contribution in [0.15, 0.2) is 59.1 Å². The van der Waals surface area contributed by atoms with E-state index in [4.69, 9.17) is 26.8 Å². The normalized spacial score (nSPS) is 23.3. The summed E-state index contributed by atoms with van der Waals surface area (Å²) in [6.07, 6.45) is 0.0822. The molecular weight excluding hydrogens is 550 g/mol. The van der Waals surface area contributed by atoms with E-state index < -0.39 is 36.4 Å². The van der Waals surface area contributed by atoms with Crippen molar-refractivity contribution in [2.24, 2.45) is 0 Å². The Kier molecular flexibility index (Phi) is 8.20. The summed E-state index contributed by atoms with van der Waals surface area (Å²) in [4.78, 5) is 8.82. The number of aliphatic hydroxyl groups excluding tert-OH is 2. The number of nitrogen functional groups attached to an aromatic ring is 1. The predicted molar refractivity (Wildman–Crippen MR) is 141 cm³/mol. The van der Waals surface area contributed by atoms with Gasteiger partial charge in [0.1, 0.15) is 47.2 Å². The third-order valence-corrected chi connectivity index (χ3v) is 7.94. The molecule has 0 radical (unpaired) electrons. The van der Waals surface area contributed by atoms with Gasteiger partial charge in [-0.15, -0.1) is 16.4 Å². The average Bonchev–Trinajstić information content (AvgIpc) is 3.58. The lowest BCUT2D eigenvalue weighted by atomic mass is 9.97. The molecule has 4 aromatic rings. The molecule has 4 N–H and O–H groups in total. The summed E-state index contributed by atoms with van der Waals surface area (Å²) in [6, 6.07) is 12.4. The van der Waals surface area contributed by atoms with Crippen molar-refractivity contribution >= 4 is 39.8 Å². The molecule has 1 aliphatic heterocycles. The molecular formula is C24H22ClN7O4S2. The lowest BCUT2D eigenvalue weighted by molar-refractivity contribution is -0.196. The van der Waals surface area contributed by atoms with E-state index >= 15 is 0 Å². The monoisotopic (exact) mass is 571 g/mol. The van der Waals surface area contributed by atoms with Gasteiger partial charge in [-0.25, -0.2) is 14.6 Å². The van der Waals surface area contributed by atoms with Crippen LogP contribution in [0, 0.1) is 11.3 Å². The summed E-state index contributed by atoms with van der Waals surface area (Å²) in [5, 5.41) is 41.9. The Morgan fingerprint density at radius 3 is 2.82 bits per heavy atom. The molecule has 0 unspecified atom stereocenters. The van der Waals surface area contributed by atoms with Crippen LogP contribution in [0.3, 0.4) is 0 Å². The zero-order valence-electron chi connectivity index (χ0n) is 19.7. The van der Waals surface area contributed by atoms with Gasteiger partial charge in [0.15, 0.2) is 10.8 Å². The number of thiazole rings is 1. The Morgan fingerprint density at radius 1 is 1.29 bits per heavy atom. The first kappa shape index (κ1) is 26.5. The third-order valence-electron chi connectivity index (χ3n) is 5.88. The number of thioether (sulfide) groups is 1. The molecule has 11 nitrogen and oxygen atoms in total. The van der Waals surface area contributed by atoms with Crippen molar-refractivity contribution in [1.29, 1.82) is 5.26 Å². The Bertz CT molecular complexity index is 1430. The summed E-state index contributed by atoms with van der Waals surface area (Å²) in [7, 11) is 0. The maximum absolute atomic E-state index is 11.3. The van der Waals surface area contributed by atoms with Crippen molar-refractivity contribution in [3.63, 3.8) is 0 Å². The molecule has 5 atom stereocenters. The largest absolute Gasteiger partial charge is 0.394 e. The molecule has 1 fully saturated rings. The SMILES string of the molecule is N#Cc1ncc(Cl)cc1S[C@H]1O[C@H](CO)[C@H](O)[C@H](n2cc(-c3csc(N)n3)nn2)[C@H]1OCc1ccccc1. The topological polar surface area (TPSA) is 165 Å². The number of pyridine rings is 1. The van der Waals surface area contributed by atoms with E-state index in [9.17, 15) is 15.5 Å². The number of halogens is 1. The molecule has 5 rings (SSSR count). The quantitative estimate of drug-likeness (QED) is 0.284. The molecule has 0 saturated carbocycles. The first-order valence-corrected chi connectivity index (χ1v) is 13.6. The lowest BCUT2D eigenvalue weighted by Gasteiger charge is -2.43. The summed E-state index contributed by atoms with van der Waals surface area (Å²) in [5.41, 5.74) is 7.09. The Morgan fingerprint density at radius 2 is 2.11 bits per heavy atom. The van der Waals surface area contributed by atoms with Crippen LogP contribution in [0.4, 0.5) is 5.13 Å². The van der Waals surface area contributed by atoms with Crippen molar-refractivity contribution in [2.45, 2.75) is 41.3 Å². The fraction of sp³-hybridized carbons (Fsp3) is 0.292. The molecule has 0 bridgehead atoms. The maximum Gasteiger partial charge on any atom is 0.180 e. The molecule has 0 spiro atoms. The summed E-state index contributed by atoms with van der Waals surface area (Å²) >= 11 is 8.61. The van der Waals surface area contributed by atoms with Crippen LogP contribution in [0.2, 0.25) is 5.02 Å². The van der Waals surface area contributed by atoms with Gasteiger partial charge in [-0.1, -0.05) is 58.9 Å². The van der Waals surface area contributed by atoms with E-state index in [1.807, 2.05) is 30.3 Å². The highest BCUT2D eigenvalue weighted by molar-refractivity contribution is 7.99. The third kappa shape index (κ3) is 5.67. The number of anilines is 1. The highest BCUT2D eigenvalue weighted by atomic mass is 35.5. The summed E-state index contributed by atoms with van der Waals surface area (Å²) in [5.74, 6) is 0. The second-order valence-corrected chi connectivity index (χ2v) is 10.8. The molecule has 4 heterocycles. The molecule has 0 aliphatic carbocycles. The van der Waals surface area contributed by atoms with Gasteiger partial charge in [0.2, 0.25) is 0 Å². The van der Waals surface area contributed by atoms with Crippen LogP contribution < -0.4 is 5.73 Å². The van der Waals surface area contributed by atoms with E-state index in [0.29, 0.717) is 26.4 Å². The zero-order chi connectivity index (χ0) is 26.6. The van der Waals surface area contributed by atoms with Crippen molar-refractivity contribution in [3.05, 3.63) is 70.5 Å². The predicted octanol–water partition coefficient (Wildman–Crippen LogP) is 2.90. The molecule has 1 aromatic carbocycles. The Balaban J connectivity index is 1.52. The molecule has 14 heteroatoms. The van der Waals surface area contributed by atoms with Gasteiger partial charge >= 0.3 is 0 Å². The van der Waals surface area contributed by atoms with E-state index in [1.165, 1.54) is 34.0 Å². The van der Waals surface area contributed by atoms with Crippen LogP contribution in [0.1, 0.15) is 17.3 Å². The molecule has 3 aromatic heterocycles. The molecule has 1 aliphatic rings. The van der Waals surface area contributed by atoms with E-state index in [1.54, 1.807) is 17.6 Å². The van der Waals surface area contributed by atoms with Crippen LogP contribution in [-0.4, -0.2) is 65.5 Å². The van der Waals surface area contributed by atoms with Crippen LogP contribution in [0.5, 0.6) is 0 Å². The van der Waals surface area contributed by atoms with Crippen molar-refractivity contribution in [3.8, 4) is 17.5 Å². The number of nitrogens with two attached hydrogens (primary N) is 1. The van der Waals surface area contributed by atoms with Crippen molar-refractivity contribution in [1.82, 2.24) is 25.0 Å². The standard InChI is InChI=1S/C24H22ClN7O4S2/c25-14-6-19(15(7-26)28-8-14)38-23-22(35-11-13-4-2-1-3-5-13)20(21(34)18(10-33)36-23)32-9-16(30-31-32)17-12-37-24(27)29-17/h1-6,8-9,12,18,20-23,33-34H,10-11H2,(H2,27,29)/t18-,20+,21+,22-,23-/m1/s1. The Hall–Kier alpha value is -3.09. The van der Waals surface area contributed by atoms with Crippen molar-refractivity contribution < 1.29 is 19.7 Å². The average molecular weight is 572 g/mol. The van der Waals surface area contributed by atoms with E-state index in [-0.39, 0.29) is 12.3 Å². The number of nitriles is 1. The zero-order valence-corrected chi connectivity index (χ0v) is 22.1. The van der Waals surface area contributed by atoms with Gasteiger partial charge in [0.25, 0.3) is 0 Å². The summed E-state index contributed by atoms with van der Waals surface area (Å²) in [6.45, 7) is -0.245.